The number of hydrogen-bond donors (Lipinski definition) is 1. The number of nitrogens with one attached hydrogen (secondary N) is 1. The number of carbonyl (C=O) groups excluding carboxylic acids is 2. The Morgan fingerprint density at radius 1 is 0.927 bits per heavy atom. The van der Waals surface area contributed by atoms with Crippen molar-refractivity contribution >= 4 is 29.4 Å². The maximum Gasteiger partial charge on any atom is 0.256 e. The number of amides is 2. The molecule has 2 amide bonds. The van der Waals surface area contributed by atoms with Gasteiger partial charge in [-0.15, -0.1) is 0 Å². The number of imidazole rings is 1. The average molecular weight is 571 g/mol. The highest BCUT2D eigenvalue weighted by Crippen LogP contribution is 2.27. The van der Waals surface area contributed by atoms with Gasteiger partial charge in [-0.2, -0.15) is 0 Å². The van der Waals surface area contributed by atoms with Crippen molar-refractivity contribution in [2.45, 2.75) is 6.54 Å². The first kappa shape index (κ1) is 27.5. The number of anilines is 1. The Kier molecular flexibility index (Phi) is 8.36. The second-order valence-electron chi connectivity index (χ2n) is 9.01. The van der Waals surface area contributed by atoms with E-state index in [2.05, 4.69) is 5.32 Å². The van der Waals surface area contributed by atoms with Crippen molar-refractivity contribution in [3.63, 3.8) is 0 Å². The Morgan fingerprint density at radius 3 is 2.24 bits per heavy atom. The molecular weight excluding hydrogens is 544 g/mol. The summed E-state index contributed by atoms with van der Waals surface area (Å²) in [6.07, 6.45) is 3.34. The Balaban J connectivity index is 1.44. The van der Waals surface area contributed by atoms with Gasteiger partial charge in [0.05, 0.1) is 43.3 Å². The summed E-state index contributed by atoms with van der Waals surface area (Å²) in [6, 6.07) is 25.0. The number of aromatic nitrogens is 2. The molecule has 0 spiro atoms. The van der Waals surface area contributed by atoms with Gasteiger partial charge in [0.2, 0.25) is 11.9 Å². The number of furan rings is 1. The van der Waals surface area contributed by atoms with E-state index >= 15 is 0 Å². The molecule has 9 nitrogen and oxygen atoms in total. The summed E-state index contributed by atoms with van der Waals surface area (Å²) in [4.78, 5) is 33.0. The largest absolute Gasteiger partial charge is 0.497 e. The first-order valence-electron chi connectivity index (χ1n) is 12.7. The molecule has 2 aromatic heterocycles. The first-order chi connectivity index (χ1) is 19.9. The highest BCUT2D eigenvalue weighted by molar-refractivity contribution is 6.33. The van der Waals surface area contributed by atoms with Crippen molar-refractivity contribution < 1.29 is 23.5 Å². The zero-order chi connectivity index (χ0) is 28.8. The maximum atomic E-state index is 13.4. The van der Waals surface area contributed by atoms with Gasteiger partial charge in [-0.1, -0.05) is 23.7 Å². The smallest absolute Gasteiger partial charge is 0.256 e. The van der Waals surface area contributed by atoms with Crippen molar-refractivity contribution in [3.8, 4) is 28.4 Å². The van der Waals surface area contributed by atoms with Gasteiger partial charge in [0.25, 0.3) is 5.91 Å². The Hall–Kier alpha value is -5.02. The molecule has 5 aromatic rings. The van der Waals surface area contributed by atoms with Crippen molar-refractivity contribution in [2.75, 3.05) is 26.1 Å². The van der Waals surface area contributed by atoms with E-state index in [0.29, 0.717) is 22.2 Å². The number of nitrogens with zero attached hydrogens (tertiary/aromatic N) is 3. The van der Waals surface area contributed by atoms with Gasteiger partial charge >= 0.3 is 0 Å². The molecule has 0 atom stereocenters. The quantitative estimate of drug-likeness (QED) is 0.218. The van der Waals surface area contributed by atoms with Gasteiger partial charge in [0.15, 0.2) is 0 Å². The summed E-state index contributed by atoms with van der Waals surface area (Å²) in [6.45, 7) is -0.188. The van der Waals surface area contributed by atoms with Crippen LogP contribution in [0.3, 0.4) is 0 Å². The Labute approximate surface area is 241 Å². The molecule has 208 valence electrons. The number of rotatable bonds is 10. The number of hydrogen-bond acceptors (Lipinski definition) is 6. The van der Waals surface area contributed by atoms with Gasteiger partial charge < -0.3 is 18.8 Å². The normalized spacial score (nSPS) is 10.7. The van der Waals surface area contributed by atoms with Crippen LogP contribution in [0.25, 0.3) is 16.9 Å². The molecule has 0 aliphatic rings. The van der Waals surface area contributed by atoms with Crippen LogP contribution in [0.15, 0.2) is 102 Å². The van der Waals surface area contributed by atoms with Crippen LogP contribution in [0.1, 0.15) is 16.1 Å². The van der Waals surface area contributed by atoms with E-state index in [0.717, 1.165) is 17.0 Å². The lowest BCUT2D eigenvalue weighted by molar-refractivity contribution is -0.117. The van der Waals surface area contributed by atoms with Crippen LogP contribution in [0.5, 0.6) is 11.5 Å². The van der Waals surface area contributed by atoms with E-state index in [9.17, 15) is 9.59 Å². The summed E-state index contributed by atoms with van der Waals surface area (Å²) in [7, 11) is 3.20. The number of ether oxygens (including phenoxy) is 2. The number of methoxy groups -OCH3 is 2. The van der Waals surface area contributed by atoms with E-state index in [1.54, 1.807) is 55.2 Å². The summed E-state index contributed by atoms with van der Waals surface area (Å²) in [5, 5.41) is 3.17. The fourth-order valence-corrected chi connectivity index (χ4v) is 4.46. The van der Waals surface area contributed by atoms with Crippen LogP contribution in [-0.4, -0.2) is 47.0 Å². The molecule has 41 heavy (non-hydrogen) atoms. The summed E-state index contributed by atoms with van der Waals surface area (Å²) in [5.41, 5.74) is 2.52. The maximum absolute atomic E-state index is 13.4. The molecule has 5 rings (SSSR count). The molecule has 10 heteroatoms. The first-order valence-corrected chi connectivity index (χ1v) is 13.1. The third-order valence-electron chi connectivity index (χ3n) is 6.35. The van der Waals surface area contributed by atoms with Crippen LogP contribution >= 0.6 is 11.6 Å². The molecule has 1 N–H and O–H groups in total. The van der Waals surface area contributed by atoms with Crippen molar-refractivity contribution in [1.82, 2.24) is 14.5 Å². The fourth-order valence-electron chi connectivity index (χ4n) is 4.24. The average Bonchev–Trinajstić information content (AvgIpc) is 3.67. The molecule has 0 radical (unpaired) electrons. The molecule has 0 unspecified atom stereocenters. The molecule has 0 aliphatic carbocycles. The number of benzene rings is 3. The Morgan fingerprint density at radius 2 is 1.61 bits per heavy atom. The standard InChI is InChI=1S/C31H27ClN4O5/c1-39-23-13-9-21(10-14-23)28-19-36(22-11-15-24(40-2)16-12-22)31(33-28)34-29(37)20-35(18-25-6-5-17-41-25)30(38)26-7-3-4-8-27(26)32/h3-17,19H,18,20H2,1-2H3,(H,33,34,37). The van der Waals surface area contributed by atoms with Gasteiger partial charge in [0.1, 0.15) is 23.8 Å². The van der Waals surface area contributed by atoms with Crippen LogP contribution < -0.4 is 14.8 Å². The third-order valence-corrected chi connectivity index (χ3v) is 6.68. The van der Waals surface area contributed by atoms with E-state index in [1.807, 2.05) is 54.7 Å². The zero-order valence-electron chi connectivity index (χ0n) is 22.4. The minimum absolute atomic E-state index is 0.0779. The highest BCUT2D eigenvalue weighted by Gasteiger charge is 2.23. The molecule has 0 bridgehead atoms. The highest BCUT2D eigenvalue weighted by atomic mass is 35.5. The lowest BCUT2D eigenvalue weighted by Crippen LogP contribution is -2.38. The topological polar surface area (TPSA) is 98.8 Å². The van der Waals surface area contributed by atoms with Crippen molar-refractivity contribution in [2.24, 2.45) is 0 Å². The van der Waals surface area contributed by atoms with Gasteiger partial charge in [0, 0.05) is 17.4 Å². The zero-order valence-corrected chi connectivity index (χ0v) is 23.2. The van der Waals surface area contributed by atoms with Gasteiger partial charge in [-0.3, -0.25) is 19.5 Å². The van der Waals surface area contributed by atoms with E-state index in [4.69, 9.17) is 30.5 Å². The molecular formula is C31H27ClN4O5. The molecule has 3 aromatic carbocycles. The predicted molar refractivity (Wildman–Crippen MR) is 156 cm³/mol. The SMILES string of the molecule is COc1ccc(-c2cn(-c3ccc(OC)cc3)c(NC(=O)CN(Cc3ccco3)C(=O)c3ccccc3Cl)n2)cc1. The van der Waals surface area contributed by atoms with Gasteiger partial charge in [-0.05, 0) is 72.8 Å². The van der Waals surface area contributed by atoms with Crippen LogP contribution in [0, 0.1) is 0 Å². The molecule has 0 fully saturated rings. The third kappa shape index (κ3) is 6.42. The van der Waals surface area contributed by atoms with Crippen molar-refractivity contribution in [1.29, 1.82) is 0 Å². The van der Waals surface area contributed by atoms with E-state index in [1.165, 1.54) is 11.2 Å². The minimum atomic E-state index is -0.446. The minimum Gasteiger partial charge on any atom is -0.497 e. The second kappa shape index (κ2) is 12.4. The summed E-state index contributed by atoms with van der Waals surface area (Å²) < 4.78 is 17.8. The number of halogens is 1. The molecule has 0 saturated heterocycles. The molecule has 0 aliphatic heterocycles. The van der Waals surface area contributed by atoms with Gasteiger partial charge in [-0.25, -0.2) is 4.98 Å². The predicted octanol–water partition coefficient (Wildman–Crippen LogP) is 6.08. The summed E-state index contributed by atoms with van der Waals surface area (Å²) >= 11 is 6.30. The van der Waals surface area contributed by atoms with Crippen LogP contribution in [-0.2, 0) is 11.3 Å². The molecule has 2 heterocycles. The lowest BCUT2D eigenvalue weighted by Gasteiger charge is -2.22. The van der Waals surface area contributed by atoms with E-state index < -0.39 is 11.8 Å². The lowest BCUT2D eigenvalue weighted by atomic mass is 10.1. The fraction of sp³-hybridized carbons (Fsp3) is 0.129. The monoisotopic (exact) mass is 570 g/mol. The summed E-state index contributed by atoms with van der Waals surface area (Å²) in [5.74, 6) is 1.38. The Bertz CT molecular complexity index is 1630. The van der Waals surface area contributed by atoms with Crippen LogP contribution in [0.4, 0.5) is 5.95 Å². The number of carbonyl (C=O) groups is 2. The van der Waals surface area contributed by atoms with Crippen LogP contribution in [0.2, 0.25) is 5.02 Å². The van der Waals surface area contributed by atoms with Crippen molar-refractivity contribution in [3.05, 3.63) is 114 Å². The molecule has 0 saturated carbocycles. The van der Waals surface area contributed by atoms with E-state index in [-0.39, 0.29) is 24.6 Å². The second-order valence-corrected chi connectivity index (χ2v) is 9.42.